The Morgan fingerprint density at radius 1 is 1.15 bits per heavy atom. The molecular formula is C24H26N4O5. The Bertz CT molecular complexity index is 1100. The summed E-state index contributed by atoms with van der Waals surface area (Å²) in [4.78, 5) is 53.1. The van der Waals surface area contributed by atoms with Crippen LogP contribution in [-0.2, 0) is 19.9 Å². The van der Waals surface area contributed by atoms with Gasteiger partial charge in [0.2, 0.25) is 11.8 Å². The molecule has 2 fully saturated rings. The molecule has 1 unspecified atom stereocenters. The third-order valence-electron chi connectivity index (χ3n) is 6.10. The van der Waals surface area contributed by atoms with Gasteiger partial charge in [0, 0.05) is 24.7 Å². The van der Waals surface area contributed by atoms with E-state index >= 15 is 0 Å². The van der Waals surface area contributed by atoms with E-state index in [0.29, 0.717) is 42.1 Å². The van der Waals surface area contributed by atoms with Crippen molar-refractivity contribution < 1.29 is 23.9 Å². The molecule has 0 aliphatic carbocycles. The van der Waals surface area contributed by atoms with E-state index in [-0.39, 0.29) is 5.91 Å². The summed E-state index contributed by atoms with van der Waals surface area (Å²) in [7, 11) is 1.49. The predicted molar refractivity (Wildman–Crippen MR) is 122 cm³/mol. The SMILES string of the molecule is CCC1(c2ccccc2)NC(=O)N(CC(=O)Nc2ccc(N3CCCC3=O)c(OC)c2)C1=O. The molecule has 2 aromatic carbocycles. The number of nitrogens with one attached hydrogen (secondary N) is 2. The maximum absolute atomic E-state index is 13.2. The van der Waals surface area contributed by atoms with E-state index in [2.05, 4.69) is 10.6 Å². The molecule has 4 rings (SSSR count). The van der Waals surface area contributed by atoms with Crippen LogP contribution in [0.15, 0.2) is 48.5 Å². The number of nitrogens with zero attached hydrogens (tertiary/aromatic N) is 2. The summed E-state index contributed by atoms with van der Waals surface area (Å²) < 4.78 is 5.41. The second kappa shape index (κ2) is 8.93. The number of rotatable bonds is 7. The van der Waals surface area contributed by atoms with Crippen LogP contribution >= 0.6 is 0 Å². The fraction of sp³-hybridized carbons (Fsp3) is 0.333. The van der Waals surface area contributed by atoms with Crippen molar-refractivity contribution >= 4 is 35.1 Å². The highest BCUT2D eigenvalue weighted by Gasteiger charge is 2.51. The van der Waals surface area contributed by atoms with Gasteiger partial charge < -0.3 is 20.3 Å². The van der Waals surface area contributed by atoms with Gasteiger partial charge in [0.05, 0.1) is 12.8 Å². The number of methoxy groups -OCH3 is 1. The lowest BCUT2D eigenvalue weighted by Gasteiger charge is -2.25. The van der Waals surface area contributed by atoms with Crippen LogP contribution in [-0.4, -0.2) is 48.9 Å². The number of carbonyl (C=O) groups is 4. The molecule has 9 heteroatoms. The fourth-order valence-electron chi connectivity index (χ4n) is 4.36. The van der Waals surface area contributed by atoms with Crippen molar-refractivity contribution in [3.05, 3.63) is 54.1 Å². The summed E-state index contributed by atoms with van der Waals surface area (Å²) >= 11 is 0. The van der Waals surface area contributed by atoms with Gasteiger partial charge in [-0.25, -0.2) is 4.79 Å². The van der Waals surface area contributed by atoms with Crippen LogP contribution in [0, 0.1) is 0 Å². The van der Waals surface area contributed by atoms with Crippen molar-refractivity contribution in [2.24, 2.45) is 0 Å². The number of ether oxygens (including phenoxy) is 1. The highest BCUT2D eigenvalue weighted by Crippen LogP contribution is 2.34. The predicted octanol–water partition coefficient (Wildman–Crippen LogP) is 2.62. The molecular weight excluding hydrogens is 424 g/mol. The second-order valence-corrected chi connectivity index (χ2v) is 8.03. The Labute approximate surface area is 191 Å². The number of urea groups is 1. The summed E-state index contributed by atoms with van der Waals surface area (Å²) in [5.74, 6) is -0.504. The van der Waals surface area contributed by atoms with E-state index in [1.54, 1.807) is 47.4 Å². The average Bonchev–Trinajstić information content (AvgIpc) is 3.36. The maximum atomic E-state index is 13.2. The molecule has 2 aliphatic rings. The molecule has 33 heavy (non-hydrogen) atoms. The number of imide groups is 1. The van der Waals surface area contributed by atoms with Crippen LogP contribution < -0.4 is 20.3 Å². The van der Waals surface area contributed by atoms with Gasteiger partial charge in [0.25, 0.3) is 5.91 Å². The van der Waals surface area contributed by atoms with Crippen molar-refractivity contribution in [2.75, 3.05) is 30.4 Å². The first-order valence-electron chi connectivity index (χ1n) is 10.9. The molecule has 2 aromatic rings. The Morgan fingerprint density at radius 2 is 1.91 bits per heavy atom. The van der Waals surface area contributed by atoms with Gasteiger partial charge >= 0.3 is 6.03 Å². The molecule has 0 bridgehead atoms. The first kappa shape index (κ1) is 22.3. The number of hydrogen-bond donors (Lipinski definition) is 2. The molecule has 5 amide bonds. The number of anilines is 2. The van der Waals surface area contributed by atoms with Crippen molar-refractivity contribution in [1.29, 1.82) is 0 Å². The highest BCUT2D eigenvalue weighted by atomic mass is 16.5. The lowest BCUT2D eigenvalue weighted by molar-refractivity contribution is -0.134. The highest BCUT2D eigenvalue weighted by molar-refractivity contribution is 6.10. The van der Waals surface area contributed by atoms with Gasteiger partial charge in [-0.3, -0.25) is 19.3 Å². The summed E-state index contributed by atoms with van der Waals surface area (Å²) in [6.45, 7) is 2.01. The van der Waals surface area contributed by atoms with Crippen molar-refractivity contribution in [1.82, 2.24) is 10.2 Å². The molecule has 9 nitrogen and oxygen atoms in total. The number of amides is 5. The van der Waals surface area contributed by atoms with Gasteiger partial charge in [-0.15, -0.1) is 0 Å². The normalized spacial score (nSPS) is 20.2. The van der Waals surface area contributed by atoms with Crippen molar-refractivity contribution in [2.45, 2.75) is 31.7 Å². The van der Waals surface area contributed by atoms with Crippen LogP contribution in [0.5, 0.6) is 5.75 Å². The van der Waals surface area contributed by atoms with Crippen LogP contribution in [0.2, 0.25) is 0 Å². The lowest BCUT2D eigenvalue weighted by Crippen LogP contribution is -2.44. The van der Waals surface area contributed by atoms with E-state index in [1.807, 2.05) is 13.0 Å². The van der Waals surface area contributed by atoms with Crippen LogP contribution in [0.4, 0.5) is 16.2 Å². The topological polar surface area (TPSA) is 108 Å². The largest absolute Gasteiger partial charge is 0.494 e. The minimum atomic E-state index is -1.19. The molecule has 2 heterocycles. The first-order valence-corrected chi connectivity index (χ1v) is 10.9. The number of carbonyl (C=O) groups excluding carboxylic acids is 4. The summed E-state index contributed by atoms with van der Waals surface area (Å²) in [5.41, 5.74) is 0.559. The van der Waals surface area contributed by atoms with E-state index < -0.39 is 29.9 Å². The molecule has 2 N–H and O–H groups in total. The smallest absolute Gasteiger partial charge is 0.325 e. The van der Waals surface area contributed by atoms with E-state index in [1.165, 1.54) is 7.11 Å². The van der Waals surface area contributed by atoms with Gasteiger partial charge in [-0.2, -0.15) is 0 Å². The number of benzene rings is 2. The lowest BCUT2D eigenvalue weighted by atomic mass is 9.87. The summed E-state index contributed by atoms with van der Waals surface area (Å²) in [6, 6.07) is 13.4. The Kier molecular flexibility index (Phi) is 6.04. The molecule has 2 saturated heterocycles. The molecule has 172 valence electrons. The van der Waals surface area contributed by atoms with Crippen molar-refractivity contribution in [3.63, 3.8) is 0 Å². The Morgan fingerprint density at radius 3 is 2.55 bits per heavy atom. The van der Waals surface area contributed by atoms with E-state index in [9.17, 15) is 19.2 Å². The zero-order chi connectivity index (χ0) is 23.6. The summed E-state index contributed by atoms with van der Waals surface area (Å²) in [6.07, 6.45) is 1.64. The Hall–Kier alpha value is -3.88. The van der Waals surface area contributed by atoms with Crippen LogP contribution in [0.25, 0.3) is 0 Å². The monoisotopic (exact) mass is 450 g/mol. The zero-order valence-corrected chi connectivity index (χ0v) is 18.6. The van der Waals surface area contributed by atoms with Crippen LogP contribution in [0.1, 0.15) is 31.7 Å². The quantitative estimate of drug-likeness (QED) is 0.631. The van der Waals surface area contributed by atoms with Gasteiger partial charge in [0.1, 0.15) is 17.8 Å². The van der Waals surface area contributed by atoms with Gasteiger partial charge in [0.15, 0.2) is 0 Å². The number of hydrogen-bond acceptors (Lipinski definition) is 5. The third kappa shape index (κ3) is 4.02. The second-order valence-electron chi connectivity index (χ2n) is 8.03. The fourth-order valence-corrected chi connectivity index (χ4v) is 4.36. The standard InChI is InChI=1S/C24H26N4O5/c1-3-24(16-8-5-4-6-9-16)22(31)28(23(32)26-24)15-20(29)25-17-11-12-18(19(14-17)33-2)27-13-7-10-21(27)30/h4-6,8-9,11-12,14H,3,7,10,13,15H2,1-2H3,(H,25,29)(H,26,32). The summed E-state index contributed by atoms with van der Waals surface area (Å²) in [5, 5.41) is 5.47. The molecule has 1 atom stereocenters. The molecule has 0 saturated carbocycles. The zero-order valence-electron chi connectivity index (χ0n) is 18.6. The van der Waals surface area contributed by atoms with E-state index in [4.69, 9.17) is 4.74 Å². The molecule has 0 aromatic heterocycles. The van der Waals surface area contributed by atoms with Crippen molar-refractivity contribution in [3.8, 4) is 5.75 Å². The minimum Gasteiger partial charge on any atom is -0.494 e. The third-order valence-corrected chi connectivity index (χ3v) is 6.10. The molecule has 2 aliphatic heterocycles. The van der Waals surface area contributed by atoms with Gasteiger partial charge in [-0.1, -0.05) is 37.3 Å². The average molecular weight is 450 g/mol. The Balaban J connectivity index is 1.48. The molecule has 0 radical (unpaired) electrons. The van der Waals surface area contributed by atoms with Gasteiger partial charge in [-0.05, 0) is 30.5 Å². The van der Waals surface area contributed by atoms with E-state index in [0.717, 1.165) is 11.3 Å². The maximum Gasteiger partial charge on any atom is 0.325 e. The first-order chi connectivity index (χ1) is 15.9. The molecule has 0 spiro atoms. The minimum absolute atomic E-state index is 0.0291. The van der Waals surface area contributed by atoms with Crippen LogP contribution in [0.3, 0.4) is 0 Å².